The second-order valence-electron chi connectivity index (χ2n) is 3.88. The van der Waals surface area contributed by atoms with E-state index in [9.17, 15) is 9.90 Å². The van der Waals surface area contributed by atoms with Gasteiger partial charge in [0.15, 0.2) is 0 Å². The summed E-state index contributed by atoms with van der Waals surface area (Å²) < 4.78 is 11.8. The van der Waals surface area contributed by atoms with Gasteiger partial charge in [-0.15, -0.1) is 0 Å². The Morgan fingerprint density at radius 3 is 2.35 bits per heavy atom. The molecule has 0 bridgehead atoms. The van der Waals surface area contributed by atoms with Crippen molar-refractivity contribution in [3.05, 3.63) is 40.1 Å². The van der Waals surface area contributed by atoms with E-state index in [0.29, 0.717) is 27.2 Å². The summed E-state index contributed by atoms with van der Waals surface area (Å²) in [5.74, 6) is -0.290. The Hall–Kier alpha value is -1.85. The van der Waals surface area contributed by atoms with Crippen LogP contribution in [0.3, 0.4) is 0 Å². The van der Waals surface area contributed by atoms with Crippen LogP contribution in [0.4, 0.5) is 0 Å². The molecule has 1 aromatic heterocycles. The second kappa shape index (κ2) is 5.64. The minimum Gasteiger partial charge on any atom is -0.495 e. The van der Waals surface area contributed by atoms with Crippen LogP contribution in [-0.2, 0) is 0 Å². The summed E-state index contributed by atoms with van der Waals surface area (Å²) >= 11 is 11.9. The van der Waals surface area contributed by atoms with Crippen LogP contribution in [0, 0.1) is 0 Å². The molecule has 0 saturated carbocycles. The lowest BCUT2D eigenvalue weighted by atomic mass is 10.2. The predicted molar refractivity (Wildman–Crippen MR) is 75.9 cm³/mol. The molecule has 106 valence electrons. The van der Waals surface area contributed by atoms with E-state index >= 15 is 0 Å². The first-order chi connectivity index (χ1) is 9.47. The fourth-order valence-electron chi connectivity index (χ4n) is 1.83. The van der Waals surface area contributed by atoms with E-state index in [0.717, 1.165) is 0 Å². The molecule has 0 unspecified atom stereocenters. The lowest BCUT2D eigenvalue weighted by Gasteiger charge is -2.14. The van der Waals surface area contributed by atoms with Crippen molar-refractivity contribution in [1.29, 1.82) is 0 Å². The zero-order valence-electron chi connectivity index (χ0n) is 10.7. The molecular formula is C13H11Cl2NO4. The van der Waals surface area contributed by atoms with Gasteiger partial charge in [-0.3, -0.25) is 0 Å². The molecule has 5 nitrogen and oxygen atoms in total. The maximum atomic E-state index is 11.3. The third kappa shape index (κ3) is 2.55. The fraction of sp³-hybridized carbons (Fsp3) is 0.154. The molecule has 0 radical (unpaired) electrons. The molecule has 0 fully saturated rings. The number of carbonyl (C=O) groups is 1. The van der Waals surface area contributed by atoms with Crippen molar-refractivity contribution in [3.8, 4) is 17.2 Å². The van der Waals surface area contributed by atoms with E-state index in [1.54, 1.807) is 12.1 Å². The average Bonchev–Trinajstić information content (AvgIpc) is 2.80. The lowest BCUT2D eigenvalue weighted by Crippen LogP contribution is -2.07. The topological polar surface area (TPSA) is 60.7 Å². The number of ether oxygens (including phenoxy) is 2. The molecule has 2 rings (SSSR count). The molecule has 0 spiro atoms. The van der Waals surface area contributed by atoms with Crippen LogP contribution in [0.25, 0.3) is 5.69 Å². The predicted octanol–water partition coefficient (Wildman–Crippen LogP) is 3.50. The molecule has 2 aromatic rings. The molecule has 0 aliphatic heterocycles. The van der Waals surface area contributed by atoms with Gasteiger partial charge in [-0.05, 0) is 6.07 Å². The summed E-state index contributed by atoms with van der Waals surface area (Å²) in [6.07, 6.45) is 1.48. The van der Waals surface area contributed by atoms with Gasteiger partial charge in [0.2, 0.25) is 0 Å². The molecule has 20 heavy (non-hydrogen) atoms. The quantitative estimate of drug-likeness (QED) is 0.938. The van der Waals surface area contributed by atoms with Gasteiger partial charge in [0.05, 0.1) is 30.0 Å². The highest BCUT2D eigenvalue weighted by atomic mass is 35.5. The van der Waals surface area contributed by atoms with Crippen molar-refractivity contribution in [3.63, 3.8) is 0 Å². The van der Waals surface area contributed by atoms with Crippen molar-refractivity contribution in [2.75, 3.05) is 14.2 Å². The smallest absolute Gasteiger partial charge is 0.352 e. The second-order valence-corrected chi connectivity index (χ2v) is 4.72. The van der Waals surface area contributed by atoms with E-state index in [2.05, 4.69) is 0 Å². The number of hydrogen-bond acceptors (Lipinski definition) is 3. The SMILES string of the molecule is COc1cc(-n2cc(Cl)cc2C(=O)O)c(OC)cc1Cl. The van der Waals surface area contributed by atoms with E-state index < -0.39 is 5.97 Å². The van der Waals surface area contributed by atoms with Gasteiger partial charge < -0.3 is 19.1 Å². The molecule has 7 heteroatoms. The average molecular weight is 316 g/mol. The number of halogens is 2. The highest BCUT2D eigenvalue weighted by Crippen LogP contribution is 2.36. The molecule has 0 aliphatic carbocycles. The van der Waals surface area contributed by atoms with Crippen molar-refractivity contribution < 1.29 is 19.4 Å². The summed E-state index contributed by atoms with van der Waals surface area (Å²) in [7, 11) is 2.94. The summed E-state index contributed by atoms with van der Waals surface area (Å²) in [5, 5.41) is 9.88. The van der Waals surface area contributed by atoms with Crippen LogP contribution < -0.4 is 9.47 Å². The molecular weight excluding hydrogens is 305 g/mol. The number of nitrogens with zero attached hydrogens (tertiary/aromatic N) is 1. The van der Waals surface area contributed by atoms with Crippen LogP contribution in [0.5, 0.6) is 11.5 Å². The van der Waals surface area contributed by atoms with E-state index in [4.69, 9.17) is 32.7 Å². The van der Waals surface area contributed by atoms with Crippen LogP contribution in [-0.4, -0.2) is 29.9 Å². The number of carboxylic acid groups (broad SMARTS) is 1. The Balaban J connectivity index is 2.71. The van der Waals surface area contributed by atoms with E-state index in [1.165, 1.54) is 31.0 Å². The normalized spacial score (nSPS) is 10.4. The number of aromatic carboxylic acids is 1. The largest absolute Gasteiger partial charge is 0.495 e. The minimum atomic E-state index is -1.10. The molecule has 1 aromatic carbocycles. The molecule has 0 aliphatic rings. The van der Waals surface area contributed by atoms with Gasteiger partial charge in [-0.1, -0.05) is 23.2 Å². The maximum Gasteiger partial charge on any atom is 0.352 e. The number of carboxylic acids is 1. The van der Waals surface area contributed by atoms with Gasteiger partial charge in [0.25, 0.3) is 0 Å². The van der Waals surface area contributed by atoms with Crippen molar-refractivity contribution in [1.82, 2.24) is 4.57 Å². The molecule has 1 heterocycles. The number of hydrogen-bond donors (Lipinski definition) is 1. The monoisotopic (exact) mass is 315 g/mol. The number of benzene rings is 1. The van der Waals surface area contributed by atoms with Gasteiger partial charge in [0, 0.05) is 18.3 Å². The Labute approximate surface area is 125 Å². The summed E-state index contributed by atoms with van der Waals surface area (Å²) in [4.78, 5) is 11.3. The Bertz CT molecular complexity index is 667. The van der Waals surface area contributed by atoms with Crippen LogP contribution >= 0.6 is 23.2 Å². The van der Waals surface area contributed by atoms with Crippen molar-refractivity contribution >= 4 is 29.2 Å². The van der Waals surface area contributed by atoms with Gasteiger partial charge in [0.1, 0.15) is 17.2 Å². The Kier molecular flexibility index (Phi) is 4.11. The van der Waals surface area contributed by atoms with Crippen LogP contribution in [0.1, 0.15) is 10.5 Å². The maximum absolute atomic E-state index is 11.3. The number of rotatable bonds is 4. The minimum absolute atomic E-state index is 0.0117. The molecule has 1 N–H and O–H groups in total. The third-order valence-corrected chi connectivity index (χ3v) is 3.22. The summed E-state index contributed by atoms with van der Waals surface area (Å²) in [6, 6.07) is 4.49. The fourth-order valence-corrected chi connectivity index (χ4v) is 2.26. The summed E-state index contributed by atoms with van der Waals surface area (Å²) in [6.45, 7) is 0. The van der Waals surface area contributed by atoms with Crippen LogP contribution in [0.2, 0.25) is 10.0 Å². The lowest BCUT2D eigenvalue weighted by molar-refractivity contribution is 0.0688. The van der Waals surface area contributed by atoms with Crippen molar-refractivity contribution in [2.24, 2.45) is 0 Å². The highest BCUT2D eigenvalue weighted by molar-refractivity contribution is 6.32. The van der Waals surface area contributed by atoms with Gasteiger partial charge in [-0.25, -0.2) is 4.79 Å². The highest BCUT2D eigenvalue weighted by Gasteiger charge is 2.18. The zero-order valence-corrected chi connectivity index (χ0v) is 12.2. The Morgan fingerprint density at radius 1 is 1.15 bits per heavy atom. The molecule has 0 saturated heterocycles. The zero-order chi connectivity index (χ0) is 14.9. The molecule has 0 atom stereocenters. The van der Waals surface area contributed by atoms with Gasteiger partial charge in [-0.2, -0.15) is 0 Å². The number of methoxy groups -OCH3 is 2. The van der Waals surface area contributed by atoms with Crippen molar-refractivity contribution in [2.45, 2.75) is 0 Å². The standard InChI is InChI=1S/C13H11Cl2NO4/c1-19-11-5-9(12(20-2)4-8(11)15)16-6-7(14)3-10(16)13(17)18/h3-6H,1-2H3,(H,17,18). The first-order valence-corrected chi connectivity index (χ1v) is 6.26. The first kappa shape index (κ1) is 14.6. The third-order valence-electron chi connectivity index (χ3n) is 2.72. The molecule has 0 amide bonds. The first-order valence-electron chi connectivity index (χ1n) is 5.51. The van der Waals surface area contributed by atoms with Crippen LogP contribution in [0.15, 0.2) is 24.4 Å². The van der Waals surface area contributed by atoms with Gasteiger partial charge >= 0.3 is 5.97 Å². The number of aromatic nitrogens is 1. The summed E-state index contributed by atoms with van der Waals surface area (Å²) in [5.41, 5.74) is 0.482. The van der Waals surface area contributed by atoms with E-state index in [-0.39, 0.29) is 5.69 Å². The Morgan fingerprint density at radius 2 is 1.80 bits per heavy atom. The van der Waals surface area contributed by atoms with E-state index in [1.807, 2.05) is 0 Å².